The summed E-state index contributed by atoms with van der Waals surface area (Å²) in [6.07, 6.45) is 2.37. The van der Waals surface area contributed by atoms with Crippen LogP contribution in [0, 0.1) is 7.14 Å². The van der Waals surface area contributed by atoms with E-state index in [1.54, 1.807) is 6.07 Å². The number of phenolic OH excluding ortho intramolecular Hbond substituents is 1. The highest BCUT2D eigenvalue weighted by molar-refractivity contribution is 14.1. The maximum atomic E-state index is 10.3. The zero-order chi connectivity index (χ0) is 10.7. The number of aliphatic carboxylic acids is 1. The van der Waals surface area contributed by atoms with Gasteiger partial charge in [-0.2, -0.15) is 0 Å². The fraction of sp³-hybridized carbons (Fsp3) is 0. The lowest BCUT2D eigenvalue weighted by Gasteiger charge is -2.03. The van der Waals surface area contributed by atoms with E-state index in [1.165, 1.54) is 6.08 Å². The maximum absolute atomic E-state index is 10.3. The minimum Gasteiger partial charge on any atom is -0.506 e. The number of carbonyl (C=O) groups is 1. The van der Waals surface area contributed by atoms with Gasteiger partial charge in [-0.25, -0.2) is 4.79 Å². The monoisotopic (exact) mass is 416 g/mol. The molecule has 0 radical (unpaired) electrons. The number of hydrogen-bond acceptors (Lipinski definition) is 2. The quantitative estimate of drug-likeness (QED) is 0.576. The third kappa shape index (κ3) is 2.84. The van der Waals surface area contributed by atoms with Crippen LogP contribution in [0.2, 0.25) is 0 Å². The van der Waals surface area contributed by atoms with E-state index in [0.29, 0.717) is 5.56 Å². The van der Waals surface area contributed by atoms with Gasteiger partial charge in [0.25, 0.3) is 0 Å². The highest BCUT2D eigenvalue weighted by atomic mass is 127. The zero-order valence-corrected chi connectivity index (χ0v) is 11.2. The molecular weight excluding hydrogens is 410 g/mol. The number of hydrogen-bond donors (Lipinski definition) is 2. The van der Waals surface area contributed by atoms with Crippen LogP contribution >= 0.6 is 45.2 Å². The molecule has 0 saturated carbocycles. The summed E-state index contributed by atoms with van der Waals surface area (Å²) in [5, 5.41) is 18.1. The standard InChI is InChI=1S/C9H6I2O3/c10-6-3-1-5(2-4-7(12)13)9(14)8(6)11/h1-4,14H,(H,12,13)/b4-2+. The summed E-state index contributed by atoms with van der Waals surface area (Å²) < 4.78 is 1.67. The lowest BCUT2D eigenvalue weighted by Crippen LogP contribution is -1.88. The van der Waals surface area contributed by atoms with Gasteiger partial charge in [-0.1, -0.05) is 6.07 Å². The van der Waals surface area contributed by atoms with Crippen molar-refractivity contribution in [1.82, 2.24) is 0 Å². The number of phenols is 1. The summed E-state index contributed by atoms with van der Waals surface area (Å²) in [7, 11) is 0. The van der Waals surface area contributed by atoms with Crippen LogP contribution in [0.5, 0.6) is 5.75 Å². The van der Waals surface area contributed by atoms with Crippen LogP contribution < -0.4 is 0 Å². The van der Waals surface area contributed by atoms with Crippen LogP contribution in [-0.2, 0) is 4.79 Å². The van der Waals surface area contributed by atoms with Crippen molar-refractivity contribution < 1.29 is 15.0 Å². The average Bonchev–Trinajstić information content (AvgIpc) is 2.13. The Morgan fingerprint density at radius 2 is 2.00 bits per heavy atom. The molecule has 0 aliphatic heterocycles. The van der Waals surface area contributed by atoms with E-state index in [0.717, 1.165) is 13.2 Å². The Morgan fingerprint density at radius 3 is 2.57 bits per heavy atom. The molecule has 1 rings (SSSR count). The molecule has 14 heavy (non-hydrogen) atoms. The minimum absolute atomic E-state index is 0.120. The SMILES string of the molecule is O=C(O)/C=C/c1ccc(I)c(I)c1O. The fourth-order valence-corrected chi connectivity index (χ4v) is 1.78. The second kappa shape index (κ2) is 4.96. The van der Waals surface area contributed by atoms with Gasteiger partial charge in [0.05, 0.1) is 3.57 Å². The fourth-order valence-electron chi connectivity index (χ4n) is 0.850. The van der Waals surface area contributed by atoms with Crippen LogP contribution in [0.25, 0.3) is 6.08 Å². The normalized spacial score (nSPS) is 10.7. The molecular formula is C9H6I2O3. The molecule has 3 nitrogen and oxygen atoms in total. The Balaban J connectivity index is 3.12. The molecule has 1 aromatic rings. The predicted molar refractivity (Wildman–Crippen MR) is 70.2 cm³/mol. The summed E-state index contributed by atoms with van der Waals surface area (Å²) >= 11 is 4.11. The van der Waals surface area contributed by atoms with Crippen LogP contribution in [0.4, 0.5) is 0 Å². The van der Waals surface area contributed by atoms with E-state index in [9.17, 15) is 9.90 Å². The van der Waals surface area contributed by atoms with Gasteiger partial charge in [0, 0.05) is 15.2 Å². The third-order valence-electron chi connectivity index (χ3n) is 1.51. The molecule has 5 heteroatoms. The van der Waals surface area contributed by atoms with E-state index in [1.807, 2.05) is 28.7 Å². The smallest absolute Gasteiger partial charge is 0.328 e. The third-order valence-corrected chi connectivity index (χ3v) is 4.53. The van der Waals surface area contributed by atoms with Gasteiger partial charge in [-0.05, 0) is 57.3 Å². The van der Waals surface area contributed by atoms with Crippen molar-refractivity contribution in [3.05, 3.63) is 30.9 Å². The van der Waals surface area contributed by atoms with Crippen molar-refractivity contribution in [2.75, 3.05) is 0 Å². The molecule has 0 atom stereocenters. The van der Waals surface area contributed by atoms with Crippen LogP contribution in [0.15, 0.2) is 18.2 Å². The van der Waals surface area contributed by atoms with Crippen molar-refractivity contribution in [3.8, 4) is 5.75 Å². The van der Waals surface area contributed by atoms with Gasteiger partial charge < -0.3 is 10.2 Å². The maximum Gasteiger partial charge on any atom is 0.328 e. The van der Waals surface area contributed by atoms with Gasteiger partial charge in [0.2, 0.25) is 0 Å². The molecule has 1 aromatic carbocycles. The number of benzene rings is 1. The van der Waals surface area contributed by atoms with Crippen LogP contribution in [0.3, 0.4) is 0 Å². The van der Waals surface area contributed by atoms with Gasteiger partial charge in [-0.3, -0.25) is 0 Å². The predicted octanol–water partition coefficient (Wildman–Crippen LogP) is 2.70. The topological polar surface area (TPSA) is 57.5 Å². The molecule has 0 fully saturated rings. The second-order valence-electron chi connectivity index (χ2n) is 2.47. The summed E-state index contributed by atoms with van der Waals surface area (Å²) in [4.78, 5) is 10.3. The van der Waals surface area contributed by atoms with Gasteiger partial charge in [-0.15, -0.1) is 0 Å². The van der Waals surface area contributed by atoms with Crippen LogP contribution in [0.1, 0.15) is 5.56 Å². The Labute approximate surface area is 108 Å². The van der Waals surface area contributed by atoms with E-state index in [4.69, 9.17) is 5.11 Å². The largest absolute Gasteiger partial charge is 0.506 e. The van der Waals surface area contributed by atoms with E-state index >= 15 is 0 Å². The lowest BCUT2D eigenvalue weighted by atomic mass is 10.2. The van der Waals surface area contributed by atoms with E-state index < -0.39 is 5.97 Å². The molecule has 0 bridgehead atoms. The number of carboxylic acid groups (broad SMARTS) is 1. The number of halogens is 2. The number of carboxylic acids is 1. The highest BCUT2D eigenvalue weighted by Gasteiger charge is 2.06. The lowest BCUT2D eigenvalue weighted by molar-refractivity contribution is -0.131. The summed E-state index contributed by atoms with van der Waals surface area (Å²) in [6.45, 7) is 0. The summed E-state index contributed by atoms with van der Waals surface area (Å²) in [6, 6.07) is 3.50. The van der Waals surface area contributed by atoms with Crippen molar-refractivity contribution in [2.45, 2.75) is 0 Å². The first kappa shape index (κ1) is 11.8. The Kier molecular flexibility index (Phi) is 4.17. The second-order valence-corrected chi connectivity index (χ2v) is 4.71. The van der Waals surface area contributed by atoms with Gasteiger partial charge in [0.15, 0.2) is 0 Å². The Morgan fingerprint density at radius 1 is 1.36 bits per heavy atom. The van der Waals surface area contributed by atoms with E-state index in [-0.39, 0.29) is 5.75 Å². The molecule has 2 N–H and O–H groups in total. The molecule has 0 spiro atoms. The van der Waals surface area contributed by atoms with Crippen molar-refractivity contribution >= 4 is 57.2 Å². The molecule has 74 valence electrons. The van der Waals surface area contributed by atoms with Gasteiger partial charge >= 0.3 is 5.97 Å². The van der Waals surface area contributed by atoms with Crippen molar-refractivity contribution in [2.24, 2.45) is 0 Å². The zero-order valence-electron chi connectivity index (χ0n) is 6.87. The highest BCUT2D eigenvalue weighted by Crippen LogP contribution is 2.29. The molecule has 0 heterocycles. The molecule has 0 amide bonds. The first-order valence-electron chi connectivity index (χ1n) is 3.60. The van der Waals surface area contributed by atoms with Crippen LogP contribution in [-0.4, -0.2) is 16.2 Å². The average molecular weight is 416 g/mol. The first-order chi connectivity index (χ1) is 6.52. The summed E-state index contributed by atoms with van der Waals surface area (Å²) in [5.41, 5.74) is 0.511. The molecule has 0 unspecified atom stereocenters. The number of rotatable bonds is 2. The molecule has 0 saturated heterocycles. The summed E-state index contributed by atoms with van der Waals surface area (Å²) in [5.74, 6) is -0.909. The van der Waals surface area contributed by atoms with Crippen molar-refractivity contribution in [1.29, 1.82) is 0 Å². The molecule has 0 aliphatic rings. The molecule has 0 aliphatic carbocycles. The first-order valence-corrected chi connectivity index (χ1v) is 5.76. The van der Waals surface area contributed by atoms with E-state index in [2.05, 4.69) is 22.6 Å². The Hall–Kier alpha value is -0.310. The minimum atomic E-state index is -1.03. The van der Waals surface area contributed by atoms with Crippen molar-refractivity contribution in [3.63, 3.8) is 0 Å². The molecule has 0 aromatic heterocycles. The van der Waals surface area contributed by atoms with Gasteiger partial charge in [0.1, 0.15) is 5.75 Å². The Bertz CT molecular complexity index is 399. The number of aromatic hydroxyl groups is 1.